The maximum absolute atomic E-state index is 4.16. The van der Waals surface area contributed by atoms with Crippen molar-refractivity contribution < 1.29 is 0 Å². The molecule has 1 aromatic rings. The monoisotopic (exact) mass is 193 g/mol. The van der Waals surface area contributed by atoms with E-state index in [1.54, 1.807) is 6.33 Å². The number of aromatic nitrogens is 2. The first kappa shape index (κ1) is 11.0. The Morgan fingerprint density at radius 1 is 1.29 bits per heavy atom. The van der Waals surface area contributed by atoms with Gasteiger partial charge >= 0.3 is 0 Å². The van der Waals surface area contributed by atoms with E-state index >= 15 is 0 Å². The van der Waals surface area contributed by atoms with Crippen molar-refractivity contribution >= 4 is 5.82 Å². The molecule has 0 atom stereocenters. The predicted octanol–water partition coefficient (Wildman–Crippen LogP) is 2.63. The third-order valence-electron chi connectivity index (χ3n) is 2.53. The van der Waals surface area contributed by atoms with Gasteiger partial charge in [-0.3, -0.25) is 0 Å². The van der Waals surface area contributed by atoms with Crippen LogP contribution in [0.2, 0.25) is 0 Å². The lowest BCUT2D eigenvalue weighted by Crippen LogP contribution is -2.13. The molecule has 0 saturated heterocycles. The molecule has 0 radical (unpaired) electrons. The van der Waals surface area contributed by atoms with Crippen molar-refractivity contribution in [1.29, 1.82) is 0 Å². The Balaban J connectivity index is 2.44. The molecule has 0 saturated carbocycles. The molecule has 1 heterocycles. The zero-order valence-electron chi connectivity index (χ0n) is 9.25. The van der Waals surface area contributed by atoms with E-state index in [4.69, 9.17) is 0 Å². The first-order valence-electron chi connectivity index (χ1n) is 5.28. The molecule has 0 spiro atoms. The molecule has 0 aliphatic heterocycles. The first-order valence-corrected chi connectivity index (χ1v) is 5.28. The van der Waals surface area contributed by atoms with Crippen LogP contribution >= 0.6 is 0 Å². The lowest BCUT2D eigenvalue weighted by atomic mass is 10.0. The van der Waals surface area contributed by atoms with Crippen LogP contribution in [0.3, 0.4) is 0 Å². The van der Waals surface area contributed by atoms with E-state index in [-0.39, 0.29) is 0 Å². The zero-order chi connectivity index (χ0) is 10.4. The van der Waals surface area contributed by atoms with Crippen molar-refractivity contribution in [2.45, 2.75) is 33.6 Å². The Morgan fingerprint density at radius 2 is 2.00 bits per heavy atom. The molecular weight excluding hydrogens is 174 g/mol. The van der Waals surface area contributed by atoms with E-state index in [9.17, 15) is 0 Å². The van der Waals surface area contributed by atoms with Gasteiger partial charge < -0.3 is 5.32 Å². The smallest absolute Gasteiger partial charge is 0.129 e. The summed E-state index contributed by atoms with van der Waals surface area (Å²) < 4.78 is 0. The highest BCUT2D eigenvalue weighted by Gasteiger charge is 2.03. The molecule has 78 valence electrons. The van der Waals surface area contributed by atoms with E-state index in [0.717, 1.165) is 24.0 Å². The van der Waals surface area contributed by atoms with E-state index in [2.05, 4.69) is 29.1 Å². The summed E-state index contributed by atoms with van der Waals surface area (Å²) in [6, 6.07) is 1.97. The van der Waals surface area contributed by atoms with Crippen molar-refractivity contribution in [1.82, 2.24) is 9.97 Å². The largest absolute Gasteiger partial charge is 0.370 e. The second-order valence-electron chi connectivity index (χ2n) is 3.61. The lowest BCUT2D eigenvalue weighted by Gasteiger charge is -2.13. The summed E-state index contributed by atoms with van der Waals surface area (Å²) in [4.78, 5) is 8.21. The van der Waals surface area contributed by atoms with Gasteiger partial charge in [-0.15, -0.1) is 0 Å². The molecule has 1 aromatic heterocycles. The molecule has 1 N–H and O–H groups in total. The predicted molar refractivity (Wildman–Crippen MR) is 59.3 cm³/mol. The molecule has 0 aliphatic carbocycles. The lowest BCUT2D eigenvalue weighted by molar-refractivity contribution is 0.518. The Kier molecular flexibility index (Phi) is 4.36. The van der Waals surface area contributed by atoms with Gasteiger partial charge in [-0.2, -0.15) is 0 Å². The summed E-state index contributed by atoms with van der Waals surface area (Å²) in [7, 11) is 0. The summed E-state index contributed by atoms with van der Waals surface area (Å²) in [5, 5.41) is 3.34. The zero-order valence-corrected chi connectivity index (χ0v) is 9.25. The van der Waals surface area contributed by atoms with Gasteiger partial charge in [0.05, 0.1) is 0 Å². The Hall–Kier alpha value is -1.12. The van der Waals surface area contributed by atoms with E-state index in [0.29, 0.717) is 0 Å². The Bertz CT molecular complexity index is 269. The molecule has 0 amide bonds. The fraction of sp³-hybridized carbons (Fsp3) is 0.636. The highest BCUT2D eigenvalue weighted by molar-refractivity contribution is 5.34. The molecule has 0 aromatic carbocycles. The standard InChI is InChI=1S/C11H19N3/c1-4-10(5-2)7-12-11-6-9(3)13-8-14-11/h6,8,10H,4-5,7H2,1-3H3,(H,12,13,14). The number of hydrogen-bond acceptors (Lipinski definition) is 3. The average molecular weight is 193 g/mol. The molecule has 1 rings (SSSR count). The molecule has 3 nitrogen and oxygen atoms in total. The minimum absolute atomic E-state index is 0.741. The summed E-state index contributed by atoms with van der Waals surface area (Å²) in [5.41, 5.74) is 1.01. The second kappa shape index (κ2) is 5.58. The second-order valence-corrected chi connectivity index (χ2v) is 3.61. The number of rotatable bonds is 5. The number of hydrogen-bond donors (Lipinski definition) is 1. The Morgan fingerprint density at radius 3 is 2.57 bits per heavy atom. The average Bonchev–Trinajstić information content (AvgIpc) is 2.19. The summed E-state index contributed by atoms with van der Waals surface area (Å²) >= 11 is 0. The highest BCUT2D eigenvalue weighted by Crippen LogP contribution is 2.09. The topological polar surface area (TPSA) is 37.8 Å². The number of nitrogens with zero attached hydrogens (tertiary/aromatic N) is 2. The highest BCUT2D eigenvalue weighted by atomic mass is 15.0. The third-order valence-corrected chi connectivity index (χ3v) is 2.53. The maximum atomic E-state index is 4.16. The van der Waals surface area contributed by atoms with Crippen LogP contribution in [0.5, 0.6) is 0 Å². The van der Waals surface area contributed by atoms with Crippen LogP contribution < -0.4 is 5.32 Å². The van der Waals surface area contributed by atoms with Gasteiger partial charge in [0.2, 0.25) is 0 Å². The Labute approximate surface area is 86.0 Å². The summed E-state index contributed by atoms with van der Waals surface area (Å²) in [6.07, 6.45) is 4.03. The molecule has 14 heavy (non-hydrogen) atoms. The van der Waals surface area contributed by atoms with Gasteiger partial charge in [0.25, 0.3) is 0 Å². The van der Waals surface area contributed by atoms with Crippen molar-refractivity contribution in [3.8, 4) is 0 Å². The molecule has 0 fully saturated rings. The number of anilines is 1. The molecule has 3 heteroatoms. The van der Waals surface area contributed by atoms with E-state index in [1.165, 1.54) is 12.8 Å². The minimum Gasteiger partial charge on any atom is -0.370 e. The molecule has 0 unspecified atom stereocenters. The van der Waals surface area contributed by atoms with Gasteiger partial charge in [0.1, 0.15) is 12.1 Å². The van der Waals surface area contributed by atoms with Gasteiger partial charge in [-0.25, -0.2) is 9.97 Å². The van der Waals surface area contributed by atoms with Crippen molar-refractivity contribution in [2.75, 3.05) is 11.9 Å². The normalized spacial score (nSPS) is 10.6. The van der Waals surface area contributed by atoms with Crippen LogP contribution in [0.25, 0.3) is 0 Å². The first-order chi connectivity index (χ1) is 6.76. The van der Waals surface area contributed by atoms with Crippen molar-refractivity contribution in [3.63, 3.8) is 0 Å². The van der Waals surface area contributed by atoms with Crippen molar-refractivity contribution in [3.05, 3.63) is 18.1 Å². The molecular formula is C11H19N3. The van der Waals surface area contributed by atoms with Crippen LogP contribution in [0, 0.1) is 12.8 Å². The van der Waals surface area contributed by atoms with Gasteiger partial charge in [-0.1, -0.05) is 26.7 Å². The third kappa shape index (κ3) is 3.32. The number of nitrogens with one attached hydrogen (secondary N) is 1. The van der Waals surface area contributed by atoms with Crippen LogP contribution in [0.15, 0.2) is 12.4 Å². The minimum atomic E-state index is 0.741. The van der Waals surface area contributed by atoms with Crippen LogP contribution in [-0.4, -0.2) is 16.5 Å². The fourth-order valence-corrected chi connectivity index (χ4v) is 1.38. The van der Waals surface area contributed by atoms with Gasteiger partial charge in [0.15, 0.2) is 0 Å². The fourth-order valence-electron chi connectivity index (χ4n) is 1.38. The van der Waals surface area contributed by atoms with Crippen molar-refractivity contribution in [2.24, 2.45) is 5.92 Å². The van der Waals surface area contributed by atoms with Crippen LogP contribution in [0.1, 0.15) is 32.4 Å². The number of aryl methyl sites for hydroxylation is 1. The summed E-state index contributed by atoms with van der Waals surface area (Å²) in [5.74, 6) is 1.68. The van der Waals surface area contributed by atoms with Crippen LogP contribution in [0.4, 0.5) is 5.82 Å². The quantitative estimate of drug-likeness (QED) is 0.781. The van der Waals surface area contributed by atoms with E-state index < -0.39 is 0 Å². The summed E-state index contributed by atoms with van der Waals surface area (Å²) in [6.45, 7) is 7.43. The van der Waals surface area contributed by atoms with Gasteiger partial charge in [0, 0.05) is 18.3 Å². The van der Waals surface area contributed by atoms with Gasteiger partial charge in [-0.05, 0) is 12.8 Å². The molecule has 0 aliphatic rings. The molecule has 0 bridgehead atoms. The van der Waals surface area contributed by atoms with Crippen LogP contribution in [-0.2, 0) is 0 Å². The maximum Gasteiger partial charge on any atom is 0.129 e. The SMILES string of the molecule is CCC(CC)CNc1cc(C)ncn1. The van der Waals surface area contributed by atoms with E-state index in [1.807, 2.05) is 13.0 Å².